The smallest absolute Gasteiger partial charge is 0.249 e. The molecule has 33 heavy (non-hydrogen) atoms. The van der Waals surface area contributed by atoms with Crippen LogP contribution in [0.5, 0.6) is 5.75 Å². The van der Waals surface area contributed by atoms with Gasteiger partial charge in [-0.1, -0.05) is 29.8 Å². The molecule has 0 aliphatic rings. The van der Waals surface area contributed by atoms with Gasteiger partial charge in [-0.3, -0.25) is 4.79 Å². The van der Waals surface area contributed by atoms with E-state index >= 15 is 0 Å². The lowest BCUT2D eigenvalue weighted by molar-refractivity contribution is -0.111. The second-order valence-corrected chi connectivity index (χ2v) is 8.28. The van der Waals surface area contributed by atoms with Gasteiger partial charge in [-0.2, -0.15) is 0 Å². The van der Waals surface area contributed by atoms with Crippen molar-refractivity contribution < 1.29 is 13.9 Å². The summed E-state index contributed by atoms with van der Waals surface area (Å²) in [7, 11) is 0. The van der Waals surface area contributed by atoms with Crippen LogP contribution in [0.1, 0.15) is 36.1 Å². The molecule has 0 saturated carbocycles. The SMILES string of the molecule is CCOc1cc2occ(-c3ccc(C)cc3C)c2cc1/C(C)=C/C(=O)Nc1ccc(C)cn1. The minimum absolute atomic E-state index is 0.242. The van der Waals surface area contributed by atoms with Crippen molar-refractivity contribution in [1.29, 1.82) is 0 Å². The molecule has 0 atom stereocenters. The summed E-state index contributed by atoms with van der Waals surface area (Å²) in [6.45, 7) is 10.5. The normalized spacial score (nSPS) is 11.6. The number of rotatable bonds is 6. The van der Waals surface area contributed by atoms with Gasteiger partial charge in [-0.25, -0.2) is 4.98 Å². The number of aromatic nitrogens is 1. The Labute approximate surface area is 194 Å². The first-order valence-corrected chi connectivity index (χ1v) is 11.0. The number of furan rings is 1. The zero-order chi connectivity index (χ0) is 23.5. The molecule has 0 bridgehead atoms. The maximum absolute atomic E-state index is 12.6. The van der Waals surface area contributed by atoms with Crippen LogP contribution in [0.2, 0.25) is 0 Å². The van der Waals surface area contributed by atoms with Gasteiger partial charge < -0.3 is 14.5 Å². The van der Waals surface area contributed by atoms with Crippen LogP contribution in [0.15, 0.2) is 65.4 Å². The highest BCUT2D eigenvalue weighted by Gasteiger charge is 2.16. The number of nitrogens with zero attached hydrogens (tertiary/aromatic N) is 1. The fourth-order valence-corrected chi connectivity index (χ4v) is 3.94. The molecule has 168 valence electrons. The molecule has 2 aromatic heterocycles. The fourth-order valence-electron chi connectivity index (χ4n) is 3.94. The third-order valence-corrected chi connectivity index (χ3v) is 5.58. The number of ether oxygens (including phenoxy) is 1. The fraction of sp³-hybridized carbons (Fsp3) is 0.214. The third kappa shape index (κ3) is 4.82. The maximum Gasteiger partial charge on any atom is 0.249 e. The van der Waals surface area contributed by atoms with Crippen LogP contribution in [-0.4, -0.2) is 17.5 Å². The lowest BCUT2D eigenvalue weighted by atomic mass is 9.96. The molecule has 0 aliphatic carbocycles. The average molecular weight is 441 g/mol. The summed E-state index contributed by atoms with van der Waals surface area (Å²) in [5.41, 5.74) is 7.97. The molecule has 2 aromatic carbocycles. The number of hydrogen-bond donors (Lipinski definition) is 1. The highest BCUT2D eigenvalue weighted by molar-refractivity contribution is 6.05. The molecule has 1 N–H and O–H groups in total. The Morgan fingerprint density at radius 1 is 1.06 bits per heavy atom. The first kappa shape index (κ1) is 22.3. The number of carbonyl (C=O) groups excluding carboxylic acids is 1. The number of allylic oxidation sites excluding steroid dienone is 1. The number of aryl methyl sites for hydroxylation is 3. The first-order valence-electron chi connectivity index (χ1n) is 11.0. The molecule has 4 aromatic rings. The van der Waals surface area contributed by atoms with Crippen molar-refractivity contribution in [1.82, 2.24) is 4.98 Å². The molecule has 0 aliphatic heterocycles. The van der Waals surface area contributed by atoms with Crippen molar-refractivity contribution in [2.45, 2.75) is 34.6 Å². The van der Waals surface area contributed by atoms with Gasteiger partial charge in [0.1, 0.15) is 17.2 Å². The topological polar surface area (TPSA) is 64.4 Å². The summed E-state index contributed by atoms with van der Waals surface area (Å²) in [5, 5.41) is 3.80. The Bertz CT molecular complexity index is 1350. The summed E-state index contributed by atoms with van der Waals surface area (Å²) in [5.74, 6) is 0.955. The van der Waals surface area contributed by atoms with Crippen molar-refractivity contribution in [3.05, 3.63) is 83.3 Å². The van der Waals surface area contributed by atoms with Crippen LogP contribution < -0.4 is 10.1 Å². The lowest BCUT2D eigenvalue weighted by Gasteiger charge is -2.12. The van der Waals surface area contributed by atoms with Gasteiger partial charge in [0.25, 0.3) is 0 Å². The van der Waals surface area contributed by atoms with E-state index in [0.717, 1.165) is 38.8 Å². The number of carbonyl (C=O) groups is 1. The van der Waals surface area contributed by atoms with Gasteiger partial charge in [0.05, 0.1) is 12.9 Å². The second kappa shape index (κ2) is 9.33. The molecule has 4 rings (SSSR count). The van der Waals surface area contributed by atoms with Crippen molar-refractivity contribution in [3.8, 4) is 16.9 Å². The van der Waals surface area contributed by atoms with Crippen LogP contribution in [0.25, 0.3) is 27.7 Å². The van der Waals surface area contributed by atoms with Crippen LogP contribution >= 0.6 is 0 Å². The Morgan fingerprint density at radius 3 is 2.55 bits per heavy atom. The van der Waals surface area contributed by atoms with Gasteiger partial charge >= 0.3 is 0 Å². The monoisotopic (exact) mass is 440 g/mol. The van der Waals surface area contributed by atoms with E-state index in [0.29, 0.717) is 18.2 Å². The Kier molecular flexibility index (Phi) is 6.31. The largest absolute Gasteiger partial charge is 0.493 e. The van der Waals surface area contributed by atoms with Crippen LogP contribution in [-0.2, 0) is 4.79 Å². The zero-order valence-electron chi connectivity index (χ0n) is 19.7. The number of amides is 1. The van der Waals surface area contributed by atoms with Gasteiger partial charge in [-0.05, 0) is 69.0 Å². The van der Waals surface area contributed by atoms with E-state index in [9.17, 15) is 4.79 Å². The second-order valence-electron chi connectivity index (χ2n) is 8.28. The molecular weight excluding hydrogens is 412 g/mol. The van der Waals surface area contributed by atoms with E-state index in [-0.39, 0.29) is 5.91 Å². The van der Waals surface area contributed by atoms with Gasteiger partial charge in [0.15, 0.2) is 0 Å². The molecule has 0 fully saturated rings. The molecule has 0 saturated heterocycles. The van der Waals surface area contributed by atoms with E-state index in [4.69, 9.17) is 9.15 Å². The quantitative estimate of drug-likeness (QED) is 0.333. The predicted molar refractivity (Wildman–Crippen MR) is 134 cm³/mol. The maximum atomic E-state index is 12.6. The number of fused-ring (bicyclic) bond motifs is 1. The van der Waals surface area contributed by atoms with Crippen molar-refractivity contribution in [2.24, 2.45) is 0 Å². The number of hydrogen-bond acceptors (Lipinski definition) is 4. The first-order chi connectivity index (χ1) is 15.9. The van der Waals surface area contributed by atoms with Gasteiger partial charge in [0, 0.05) is 34.9 Å². The van der Waals surface area contributed by atoms with E-state index in [1.165, 1.54) is 11.1 Å². The minimum Gasteiger partial charge on any atom is -0.493 e. The highest BCUT2D eigenvalue weighted by Crippen LogP contribution is 2.38. The standard InChI is InChI=1S/C28H28N2O3/c1-6-32-25-14-26-23(24(16-33-26)21-9-7-17(2)11-19(21)4)13-22(25)20(5)12-28(31)30-27-10-8-18(3)15-29-27/h7-16H,6H2,1-5H3,(H,29,30,31)/b20-12+. The molecule has 2 heterocycles. The van der Waals surface area contributed by atoms with Gasteiger partial charge in [0.2, 0.25) is 5.91 Å². The molecule has 5 heteroatoms. The molecule has 5 nitrogen and oxygen atoms in total. The van der Waals surface area contributed by atoms with E-state index < -0.39 is 0 Å². The number of anilines is 1. The Hall–Kier alpha value is -3.86. The highest BCUT2D eigenvalue weighted by atomic mass is 16.5. The summed E-state index contributed by atoms with van der Waals surface area (Å²) in [4.78, 5) is 16.9. The lowest BCUT2D eigenvalue weighted by Crippen LogP contribution is -2.10. The summed E-state index contributed by atoms with van der Waals surface area (Å²) < 4.78 is 11.8. The number of benzene rings is 2. The Morgan fingerprint density at radius 2 is 1.85 bits per heavy atom. The van der Waals surface area contributed by atoms with Crippen LogP contribution in [0.3, 0.4) is 0 Å². The molecule has 1 amide bonds. The third-order valence-electron chi connectivity index (χ3n) is 5.58. The van der Waals surface area contributed by atoms with Crippen molar-refractivity contribution in [2.75, 3.05) is 11.9 Å². The minimum atomic E-state index is -0.242. The van der Waals surface area contributed by atoms with Crippen LogP contribution in [0, 0.1) is 20.8 Å². The van der Waals surface area contributed by atoms with E-state index in [1.54, 1.807) is 24.6 Å². The molecular formula is C28H28N2O3. The van der Waals surface area contributed by atoms with Crippen molar-refractivity contribution in [3.63, 3.8) is 0 Å². The predicted octanol–water partition coefficient (Wildman–Crippen LogP) is 6.86. The van der Waals surface area contributed by atoms with E-state index in [2.05, 4.69) is 42.3 Å². The summed E-state index contributed by atoms with van der Waals surface area (Å²) in [6, 6.07) is 14.0. The molecule has 0 radical (unpaired) electrons. The Balaban J connectivity index is 1.74. The molecule has 0 spiro atoms. The number of nitrogens with one attached hydrogen (secondary N) is 1. The molecule has 0 unspecified atom stereocenters. The van der Waals surface area contributed by atoms with Crippen molar-refractivity contribution >= 4 is 28.3 Å². The van der Waals surface area contributed by atoms with E-state index in [1.807, 2.05) is 39.0 Å². The van der Waals surface area contributed by atoms with Crippen LogP contribution in [0.4, 0.5) is 5.82 Å². The zero-order valence-corrected chi connectivity index (χ0v) is 19.7. The number of pyridine rings is 1. The summed E-state index contributed by atoms with van der Waals surface area (Å²) >= 11 is 0. The summed E-state index contributed by atoms with van der Waals surface area (Å²) in [6.07, 6.45) is 5.08. The average Bonchev–Trinajstić information content (AvgIpc) is 3.17. The van der Waals surface area contributed by atoms with Gasteiger partial charge in [-0.15, -0.1) is 0 Å².